The van der Waals surface area contributed by atoms with Crippen molar-refractivity contribution in [2.24, 2.45) is 27.7 Å². The Balaban J connectivity index is 2.38. The molecule has 80 valence electrons. The Labute approximate surface area is 86.4 Å². The predicted octanol–water partition coefficient (Wildman–Crippen LogP) is 2.12. The largest absolute Gasteiger partial charge is 0.392 e. The van der Waals surface area contributed by atoms with Crippen LogP contribution in [0.2, 0.25) is 0 Å². The average Bonchev–Trinajstić information content (AvgIpc) is 2.41. The molecule has 4 unspecified atom stereocenters. The highest BCUT2D eigenvalue weighted by Gasteiger charge is 2.65. The number of aliphatic imine (C=N–C) groups is 1. The van der Waals surface area contributed by atoms with Crippen molar-refractivity contribution in [2.45, 2.75) is 39.7 Å². The van der Waals surface area contributed by atoms with Gasteiger partial charge >= 0.3 is 0 Å². The summed E-state index contributed by atoms with van der Waals surface area (Å²) in [5.41, 5.74) is 0.363. The van der Waals surface area contributed by atoms with Crippen molar-refractivity contribution in [1.82, 2.24) is 0 Å². The molecule has 0 radical (unpaired) electrons. The molecule has 0 heterocycles. The summed E-state index contributed by atoms with van der Waals surface area (Å²) in [5.74, 6) is 0.903. The number of hydrogen-bond donors (Lipinski definition) is 1. The second kappa shape index (κ2) is 2.82. The number of aliphatic hydroxyl groups is 1. The van der Waals surface area contributed by atoms with Crippen molar-refractivity contribution in [3.63, 3.8) is 0 Å². The molecule has 0 aromatic rings. The molecule has 0 aliphatic heterocycles. The molecule has 2 aliphatic carbocycles. The van der Waals surface area contributed by atoms with Gasteiger partial charge < -0.3 is 10.1 Å². The quantitative estimate of drug-likeness (QED) is 0.639. The first kappa shape index (κ1) is 10.2. The van der Waals surface area contributed by atoms with Crippen LogP contribution in [-0.2, 0) is 0 Å². The van der Waals surface area contributed by atoms with E-state index in [0.717, 1.165) is 0 Å². The predicted molar refractivity (Wildman–Crippen MR) is 58.5 cm³/mol. The van der Waals surface area contributed by atoms with Gasteiger partial charge in [-0.15, -0.1) is 0 Å². The lowest BCUT2D eigenvalue weighted by Crippen LogP contribution is -2.37. The maximum Gasteiger partial charge on any atom is 0.0679 e. The highest BCUT2D eigenvalue weighted by Crippen LogP contribution is 2.67. The Hall–Kier alpha value is -0.370. The second-order valence-electron chi connectivity index (χ2n) is 5.71. The summed E-state index contributed by atoms with van der Waals surface area (Å²) in [7, 11) is 1.80. The lowest BCUT2D eigenvalue weighted by Gasteiger charge is -2.37. The Bertz CT molecular complexity index is 271. The van der Waals surface area contributed by atoms with E-state index in [9.17, 15) is 5.11 Å². The Morgan fingerprint density at radius 2 is 2.00 bits per heavy atom. The van der Waals surface area contributed by atoms with Gasteiger partial charge in [0.25, 0.3) is 0 Å². The van der Waals surface area contributed by atoms with Gasteiger partial charge in [-0.1, -0.05) is 20.8 Å². The minimum atomic E-state index is -0.194. The van der Waals surface area contributed by atoms with Crippen molar-refractivity contribution in [1.29, 1.82) is 0 Å². The molecule has 2 heteroatoms. The molecule has 2 bridgehead atoms. The van der Waals surface area contributed by atoms with Gasteiger partial charge in [0, 0.05) is 19.2 Å². The van der Waals surface area contributed by atoms with Gasteiger partial charge in [0.15, 0.2) is 0 Å². The zero-order valence-electron chi connectivity index (χ0n) is 9.62. The topological polar surface area (TPSA) is 32.6 Å². The normalized spacial score (nSPS) is 50.5. The summed E-state index contributed by atoms with van der Waals surface area (Å²) in [6.45, 7) is 6.84. The van der Waals surface area contributed by atoms with Crippen molar-refractivity contribution in [2.75, 3.05) is 7.05 Å². The Morgan fingerprint density at radius 1 is 1.36 bits per heavy atom. The molecular formula is C12H21NO. The molecule has 2 fully saturated rings. The van der Waals surface area contributed by atoms with Crippen LogP contribution < -0.4 is 0 Å². The van der Waals surface area contributed by atoms with Crippen LogP contribution in [0, 0.1) is 22.7 Å². The fourth-order valence-corrected chi connectivity index (χ4v) is 3.77. The Kier molecular flexibility index (Phi) is 2.04. The number of aliphatic hydroxyl groups excluding tert-OH is 1. The zero-order valence-corrected chi connectivity index (χ0v) is 9.62. The first-order chi connectivity index (χ1) is 6.45. The molecule has 4 atom stereocenters. The SMILES string of the molecule is CN=CC1C2CCC(C)(C1O)C2(C)C. The van der Waals surface area contributed by atoms with Crippen LogP contribution in [0.3, 0.4) is 0 Å². The monoisotopic (exact) mass is 195 g/mol. The van der Waals surface area contributed by atoms with Gasteiger partial charge in [-0.3, -0.25) is 0 Å². The van der Waals surface area contributed by atoms with Gasteiger partial charge in [-0.05, 0) is 29.6 Å². The third-order valence-electron chi connectivity index (χ3n) is 5.18. The maximum absolute atomic E-state index is 10.3. The summed E-state index contributed by atoms with van der Waals surface area (Å²) >= 11 is 0. The molecule has 0 amide bonds. The average molecular weight is 195 g/mol. The molecule has 0 saturated heterocycles. The fraction of sp³-hybridized carbons (Fsp3) is 0.917. The lowest BCUT2D eigenvalue weighted by atomic mass is 9.70. The molecule has 0 spiro atoms. The number of rotatable bonds is 1. The van der Waals surface area contributed by atoms with Crippen LogP contribution >= 0.6 is 0 Å². The van der Waals surface area contributed by atoms with Gasteiger partial charge in [-0.2, -0.15) is 0 Å². The first-order valence-corrected chi connectivity index (χ1v) is 5.55. The third-order valence-corrected chi connectivity index (χ3v) is 5.18. The highest BCUT2D eigenvalue weighted by molar-refractivity contribution is 5.64. The molecule has 2 nitrogen and oxygen atoms in total. The number of nitrogens with zero attached hydrogens (tertiary/aromatic N) is 1. The van der Waals surface area contributed by atoms with Crippen LogP contribution in [0.15, 0.2) is 4.99 Å². The lowest BCUT2D eigenvalue weighted by molar-refractivity contribution is 0.00327. The molecular weight excluding hydrogens is 174 g/mol. The fourth-order valence-electron chi connectivity index (χ4n) is 3.77. The molecule has 2 rings (SSSR count). The molecule has 2 saturated carbocycles. The van der Waals surface area contributed by atoms with Crippen LogP contribution in [0.5, 0.6) is 0 Å². The van der Waals surface area contributed by atoms with Crippen molar-refractivity contribution >= 4 is 6.21 Å². The van der Waals surface area contributed by atoms with E-state index < -0.39 is 0 Å². The van der Waals surface area contributed by atoms with Gasteiger partial charge in [0.2, 0.25) is 0 Å². The van der Waals surface area contributed by atoms with Gasteiger partial charge in [0.05, 0.1) is 6.10 Å². The van der Waals surface area contributed by atoms with E-state index in [2.05, 4.69) is 25.8 Å². The minimum Gasteiger partial charge on any atom is -0.392 e. The van der Waals surface area contributed by atoms with E-state index in [0.29, 0.717) is 5.92 Å². The standard InChI is InChI=1S/C12H21NO/c1-11(2)9-5-6-12(11,3)10(14)8(9)7-13-4/h7-10,14H,5-6H2,1-4H3. The maximum atomic E-state index is 10.3. The summed E-state index contributed by atoms with van der Waals surface area (Å²) in [4.78, 5) is 4.10. The van der Waals surface area contributed by atoms with E-state index in [-0.39, 0.29) is 22.9 Å². The van der Waals surface area contributed by atoms with Crippen LogP contribution in [-0.4, -0.2) is 24.5 Å². The van der Waals surface area contributed by atoms with E-state index >= 15 is 0 Å². The molecule has 0 aromatic heterocycles. The van der Waals surface area contributed by atoms with E-state index in [4.69, 9.17) is 0 Å². The summed E-state index contributed by atoms with van der Waals surface area (Å²) < 4.78 is 0. The van der Waals surface area contributed by atoms with Crippen molar-refractivity contribution < 1.29 is 5.11 Å². The van der Waals surface area contributed by atoms with E-state index in [1.807, 2.05) is 6.21 Å². The number of fused-ring (bicyclic) bond motifs is 2. The summed E-state index contributed by atoms with van der Waals surface area (Å²) in [6, 6.07) is 0. The van der Waals surface area contributed by atoms with Crippen molar-refractivity contribution in [3.05, 3.63) is 0 Å². The molecule has 2 aliphatic rings. The summed E-state index contributed by atoms with van der Waals surface area (Å²) in [6.07, 6.45) is 4.18. The van der Waals surface area contributed by atoms with Crippen LogP contribution in [0.4, 0.5) is 0 Å². The van der Waals surface area contributed by atoms with E-state index in [1.54, 1.807) is 7.05 Å². The van der Waals surface area contributed by atoms with Crippen molar-refractivity contribution in [3.8, 4) is 0 Å². The molecule has 1 N–H and O–H groups in total. The molecule has 14 heavy (non-hydrogen) atoms. The smallest absolute Gasteiger partial charge is 0.0679 e. The third kappa shape index (κ3) is 0.928. The first-order valence-electron chi connectivity index (χ1n) is 5.55. The summed E-state index contributed by atoms with van der Waals surface area (Å²) in [5, 5.41) is 10.3. The number of hydrogen-bond acceptors (Lipinski definition) is 2. The second-order valence-corrected chi connectivity index (χ2v) is 5.71. The zero-order chi connectivity index (χ0) is 10.6. The minimum absolute atomic E-state index is 0.101. The Morgan fingerprint density at radius 3 is 2.43 bits per heavy atom. The van der Waals surface area contributed by atoms with Crippen LogP contribution in [0.1, 0.15) is 33.6 Å². The van der Waals surface area contributed by atoms with Gasteiger partial charge in [-0.25, -0.2) is 0 Å². The van der Waals surface area contributed by atoms with Gasteiger partial charge in [0.1, 0.15) is 0 Å². The van der Waals surface area contributed by atoms with Crippen LogP contribution in [0.25, 0.3) is 0 Å². The van der Waals surface area contributed by atoms with E-state index in [1.165, 1.54) is 12.8 Å². The highest BCUT2D eigenvalue weighted by atomic mass is 16.3. The molecule has 0 aromatic carbocycles.